The van der Waals surface area contributed by atoms with Crippen molar-refractivity contribution in [2.45, 2.75) is 0 Å². The summed E-state index contributed by atoms with van der Waals surface area (Å²) < 4.78 is 10.6. The van der Waals surface area contributed by atoms with Crippen molar-refractivity contribution in [1.29, 1.82) is 0 Å². The molecule has 1 aromatic heterocycles. The zero-order valence-corrected chi connectivity index (χ0v) is 8.88. The number of hydrogen-bond donors (Lipinski definition) is 1. The zero-order valence-electron chi connectivity index (χ0n) is 8.88. The Kier molecular flexibility index (Phi) is 2.91. The molecule has 0 atom stereocenters. The summed E-state index contributed by atoms with van der Waals surface area (Å²) in [6, 6.07) is 8.82. The number of ether oxygens (including phenoxy) is 2. The molecule has 0 bridgehead atoms. The Morgan fingerprint density at radius 3 is 2.44 bits per heavy atom. The lowest BCUT2D eigenvalue weighted by atomic mass is 10.3. The first-order valence-electron chi connectivity index (χ1n) is 4.81. The van der Waals surface area contributed by atoms with E-state index in [0.29, 0.717) is 22.9 Å². The molecule has 0 saturated carbocycles. The molecule has 1 aromatic carbocycles. The van der Waals surface area contributed by atoms with Crippen LogP contribution in [-0.4, -0.2) is 12.1 Å². The van der Waals surface area contributed by atoms with Gasteiger partial charge in [0.2, 0.25) is 0 Å². The van der Waals surface area contributed by atoms with Crippen LogP contribution >= 0.6 is 0 Å². The second-order valence-electron chi connectivity index (χ2n) is 3.19. The van der Waals surface area contributed by atoms with E-state index >= 15 is 0 Å². The predicted molar refractivity (Wildman–Crippen MR) is 61.7 cm³/mol. The standard InChI is InChI=1S/C12H12N2O2/c1-15-10-2-3-12(11(13)8-10)16-9-4-6-14-7-5-9/h2-8H,13H2,1H3. The van der Waals surface area contributed by atoms with Crippen molar-refractivity contribution in [2.24, 2.45) is 0 Å². The van der Waals surface area contributed by atoms with Crippen molar-refractivity contribution in [1.82, 2.24) is 4.98 Å². The Labute approximate surface area is 93.6 Å². The van der Waals surface area contributed by atoms with Crippen molar-refractivity contribution in [3.63, 3.8) is 0 Å². The van der Waals surface area contributed by atoms with Crippen molar-refractivity contribution < 1.29 is 9.47 Å². The fraction of sp³-hybridized carbons (Fsp3) is 0.0833. The van der Waals surface area contributed by atoms with Crippen molar-refractivity contribution >= 4 is 5.69 Å². The maximum Gasteiger partial charge on any atom is 0.150 e. The van der Waals surface area contributed by atoms with Gasteiger partial charge >= 0.3 is 0 Å². The molecule has 1 heterocycles. The van der Waals surface area contributed by atoms with Crippen LogP contribution in [0.2, 0.25) is 0 Å². The average Bonchev–Trinajstić information content (AvgIpc) is 2.33. The van der Waals surface area contributed by atoms with Crippen LogP contribution in [0.25, 0.3) is 0 Å². The zero-order chi connectivity index (χ0) is 11.4. The quantitative estimate of drug-likeness (QED) is 0.801. The number of hydrogen-bond acceptors (Lipinski definition) is 4. The second kappa shape index (κ2) is 4.53. The van der Waals surface area contributed by atoms with E-state index in [1.807, 2.05) is 0 Å². The molecule has 0 aliphatic carbocycles. The monoisotopic (exact) mass is 216 g/mol. The molecular formula is C12H12N2O2. The highest BCUT2D eigenvalue weighted by atomic mass is 16.5. The molecule has 4 heteroatoms. The van der Waals surface area contributed by atoms with E-state index in [9.17, 15) is 0 Å². The molecule has 0 spiro atoms. The van der Waals surface area contributed by atoms with Gasteiger partial charge in [-0.25, -0.2) is 0 Å². The summed E-state index contributed by atoms with van der Waals surface area (Å²) in [4.78, 5) is 3.91. The molecule has 0 amide bonds. The summed E-state index contributed by atoms with van der Waals surface area (Å²) in [5, 5.41) is 0. The third kappa shape index (κ3) is 2.23. The van der Waals surface area contributed by atoms with Crippen LogP contribution < -0.4 is 15.2 Å². The van der Waals surface area contributed by atoms with Crippen molar-refractivity contribution in [3.05, 3.63) is 42.7 Å². The smallest absolute Gasteiger partial charge is 0.150 e. The van der Waals surface area contributed by atoms with Gasteiger partial charge in [0.05, 0.1) is 12.8 Å². The maximum atomic E-state index is 5.82. The van der Waals surface area contributed by atoms with Gasteiger partial charge in [0.1, 0.15) is 11.5 Å². The highest BCUT2D eigenvalue weighted by molar-refractivity contribution is 5.57. The fourth-order valence-electron chi connectivity index (χ4n) is 1.28. The maximum absolute atomic E-state index is 5.82. The number of nitrogen functional groups attached to an aromatic ring is 1. The van der Waals surface area contributed by atoms with Gasteiger partial charge in [-0.15, -0.1) is 0 Å². The number of nitrogens with zero attached hydrogens (tertiary/aromatic N) is 1. The van der Waals surface area contributed by atoms with Crippen LogP contribution in [-0.2, 0) is 0 Å². The number of aromatic nitrogens is 1. The van der Waals surface area contributed by atoms with E-state index < -0.39 is 0 Å². The molecule has 2 aromatic rings. The highest BCUT2D eigenvalue weighted by Crippen LogP contribution is 2.30. The van der Waals surface area contributed by atoms with Gasteiger partial charge in [-0.3, -0.25) is 4.98 Å². The van der Waals surface area contributed by atoms with E-state index in [1.165, 1.54) is 0 Å². The van der Waals surface area contributed by atoms with Crippen LogP contribution in [0.5, 0.6) is 17.2 Å². The SMILES string of the molecule is COc1ccc(Oc2ccncc2)c(N)c1. The largest absolute Gasteiger partial charge is 0.497 e. The summed E-state index contributed by atoms with van der Waals surface area (Å²) in [5.74, 6) is 2.01. The van der Waals surface area contributed by atoms with Gasteiger partial charge in [-0.05, 0) is 24.3 Å². The van der Waals surface area contributed by atoms with Crippen LogP contribution in [0.4, 0.5) is 5.69 Å². The Morgan fingerprint density at radius 2 is 1.81 bits per heavy atom. The first kappa shape index (κ1) is 10.3. The minimum absolute atomic E-state index is 0.538. The van der Waals surface area contributed by atoms with Crippen LogP contribution in [0.3, 0.4) is 0 Å². The fourth-order valence-corrected chi connectivity index (χ4v) is 1.28. The molecular weight excluding hydrogens is 204 g/mol. The summed E-state index contributed by atoms with van der Waals surface area (Å²) in [5.41, 5.74) is 6.36. The summed E-state index contributed by atoms with van der Waals surface area (Å²) in [7, 11) is 1.60. The summed E-state index contributed by atoms with van der Waals surface area (Å²) in [6.07, 6.45) is 3.32. The third-order valence-electron chi connectivity index (χ3n) is 2.09. The van der Waals surface area contributed by atoms with Crippen LogP contribution in [0.1, 0.15) is 0 Å². The molecule has 0 radical (unpaired) electrons. The minimum atomic E-state index is 0.538. The normalized spacial score (nSPS) is 9.81. The first-order valence-corrected chi connectivity index (χ1v) is 4.81. The van der Waals surface area contributed by atoms with Gasteiger partial charge in [0.15, 0.2) is 5.75 Å². The van der Waals surface area contributed by atoms with Gasteiger partial charge in [0.25, 0.3) is 0 Å². The Hall–Kier alpha value is -2.23. The molecule has 82 valence electrons. The van der Waals surface area contributed by atoms with Gasteiger partial charge in [-0.1, -0.05) is 0 Å². The molecule has 0 saturated heterocycles. The molecule has 0 aliphatic heterocycles. The summed E-state index contributed by atoms with van der Waals surface area (Å²) in [6.45, 7) is 0. The number of benzene rings is 1. The van der Waals surface area contributed by atoms with E-state index in [4.69, 9.17) is 15.2 Å². The van der Waals surface area contributed by atoms with Crippen LogP contribution in [0, 0.1) is 0 Å². The lowest BCUT2D eigenvalue weighted by Gasteiger charge is -2.09. The first-order chi connectivity index (χ1) is 7.79. The molecule has 0 unspecified atom stereocenters. The number of methoxy groups -OCH3 is 1. The molecule has 2 rings (SSSR count). The van der Waals surface area contributed by atoms with Crippen molar-refractivity contribution in [2.75, 3.05) is 12.8 Å². The number of nitrogens with two attached hydrogens (primary N) is 1. The minimum Gasteiger partial charge on any atom is -0.497 e. The molecule has 0 aliphatic rings. The summed E-state index contributed by atoms with van der Waals surface area (Å²) >= 11 is 0. The predicted octanol–water partition coefficient (Wildman–Crippen LogP) is 2.46. The molecule has 2 N–H and O–H groups in total. The van der Waals surface area contributed by atoms with Gasteiger partial charge in [0, 0.05) is 18.5 Å². The van der Waals surface area contributed by atoms with Crippen LogP contribution in [0.15, 0.2) is 42.7 Å². The van der Waals surface area contributed by atoms with E-state index in [-0.39, 0.29) is 0 Å². The number of pyridine rings is 1. The van der Waals surface area contributed by atoms with E-state index in [1.54, 1.807) is 49.8 Å². The Balaban J connectivity index is 2.22. The average molecular weight is 216 g/mol. The third-order valence-corrected chi connectivity index (χ3v) is 2.09. The van der Waals surface area contributed by atoms with E-state index in [0.717, 1.165) is 0 Å². The number of anilines is 1. The molecule has 4 nitrogen and oxygen atoms in total. The topological polar surface area (TPSA) is 57.4 Å². The van der Waals surface area contributed by atoms with Gasteiger partial charge in [-0.2, -0.15) is 0 Å². The highest BCUT2D eigenvalue weighted by Gasteiger charge is 2.03. The Bertz CT molecular complexity index is 472. The van der Waals surface area contributed by atoms with Crippen molar-refractivity contribution in [3.8, 4) is 17.2 Å². The molecule has 0 fully saturated rings. The van der Waals surface area contributed by atoms with E-state index in [2.05, 4.69) is 4.98 Å². The second-order valence-corrected chi connectivity index (χ2v) is 3.19. The lowest BCUT2D eigenvalue weighted by molar-refractivity contribution is 0.413. The Morgan fingerprint density at radius 1 is 1.06 bits per heavy atom. The van der Waals surface area contributed by atoms with Gasteiger partial charge < -0.3 is 15.2 Å². The number of rotatable bonds is 3. The molecule has 16 heavy (non-hydrogen) atoms. The lowest BCUT2D eigenvalue weighted by Crippen LogP contribution is -1.93.